The summed E-state index contributed by atoms with van der Waals surface area (Å²) in [6, 6.07) is 7.65. The standard InChI is InChI=1S/C13H16BrNO4/c1-8(9-2-4-10(14)5-3-9)6-12(17)15-7-11(16)13(18)19/h2-5,8,11,16H,6-7H2,1H3,(H,15,17)(H,18,19). The molecule has 1 aromatic carbocycles. The van der Waals surface area contributed by atoms with E-state index in [0.717, 1.165) is 10.0 Å². The van der Waals surface area contributed by atoms with Gasteiger partial charge >= 0.3 is 5.97 Å². The summed E-state index contributed by atoms with van der Waals surface area (Å²) < 4.78 is 0.970. The third kappa shape index (κ3) is 5.40. The lowest BCUT2D eigenvalue weighted by Gasteiger charge is -2.13. The van der Waals surface area contributed by atoms with E-state index < -0.39 is 12.1 Å². The molecule has 2 atom stereocenters. The number of carboxylic acids is 1. The fourth-order valence-corrected chi connectivity index (χ4v) is 1.82. The van der Waals surface area contributed by atoms with Gasteiger partial charge in [-0.3, -0.25) is 4.79 Å². The lowest BCUT2D eigenvalue weighted by atomic mass is 9.97. The minimum absolute atomic E-state index is 0.0232. The Morgan fingerprint density at radius 3 is 2.42 bits per heavy atom. The lowest BCUT2D eigenvalue weighted by Crippen LogP contribution is -2.36. The van der Waals surface area contributed by atoms with E-state index in [1.807, 2.05) is 31.2 Å². The van der Waals surface area contributed by atoms with Gasteiger partial charge in [-0.1, -0.05) is 35.0 Å². The molecule has 0 aromatic heterocycles. The molecule has 0 fully saturated rings. The third-order valence-corrected chi connectivity index (χ3v) is 3.24. The van der Waals surface area contributed by atoms with Gasteiger partial charge in [0.25, 0.3) is 0 Å². The third-order valence-electron chi connectivity index (χ3n) is 2.71. The first-order chi connectivity index (χ1) is 8.90. The monoisotopic (exact) mass is 329 g/mol. The second-order valence-electron chi connectivity index (χ2n) is 4.31. The quantitative estimate of drug-likeness (QED) is 0.738. The molecule has 1 aromatic rings. The Hall–Kier alpha value is -1.40. The number of aliphatic hydroxyl groups excluding tert-OH is 1. The van der Waals surface area contributed by atoms with Crippen LogP contribution >= 0.6 is 15.9 Å². The maximum Gasteiger partial charge on any atom is 0.334 e. The summed E-state index contributed by atoms with van der Waals surface area (Å²) in [5, 5.41) is 19.9. The molecule has 1 rings (SSSR count). The predicted molar refractivity (Wildman–Crippen MR) is 73.8 cm³/mol. The SMILES string of the molecule is CC(CC(=O)NCC(O)C(=O)O)c1ccc(Br)cc1. The molecule has 19 heavy (non-hydrogen) atoms. The van der Waals surface area contributed by atoms with Gasteiger partial charge in [-0.15, -0.1) is 0 Å². The molecule has 0 aliphatic heterocycles. The van der Waals surface area contributed by atoms with Crippen molar-refractivity contribution in [1.82, 2.24) is 5.32 Å². The van der Waals surface area contributed by atoms with Crippen molar-refractivity contribution < 1.29 is 19.8 Å². The molecule has 0 aliphatic carbocycles. The molecule has 0 aliphatic rings. The summed E-state index contributed by atoms with van der Waals surface area (Å²) in [6.45, 7) is 1.64. The van der Waals surface area contributed by atoms with Gasteiger partial charge in [0.1, 0.15) is 0 Å². The Kier molecular flexibility index (Phi) is 5.98. The highest BCUT2D eigenvalue weighted by Crippen LogP contribution is 2.21. The minimum Gasteiger partial charge on any atom is -0.479 e. The number of halogens is 1. The number of benzene rings is 1. The molecule has 6 heteroatoms. The summed E-state index contributed by atoms with van der Waals surface area (Å²) in [7, 11) is 0. The molecule has 0 bridgehead atoms. The van der Waals surface area contributed by atoms with Crippen molar-refractivity contribution in [3.8, 4) is 0 Å². The van der Waals surface area contributed by atoms with Gasteiger partial charge in [-0.05, 0) is 23.6 Å². The van der Waals surface area contributed by atoms with Gasteiger partial charge in [0.05, 0.1) is 6.54 Å². The van der Waals surface area contributed by atoms with Crippen LogP contribution in [-0.2, 0) is 9.59 Å². The smallest absolute Gasteiger partial charge is 0.334 e. The second kappa shape index (κ2) is 7.25. The molecule has 104 valence electrons. The Balaban J connectivity index is 2.44. The summed E-state index contributed by atoms with van der Waals surface area (Å²) in [5.74, 6) is -1.60. The van der Waals surface area contributed by atoms with E-state index in [2.05, 4.69) is 21.2 Å². The maximum absolute atomic E-state index is 11.6. The van der Waals surface area contributed by atoms with Gasteiger partial charge < -0.3 is 15.5 Å². The average molecular weight is 330 g/mol. The van der Waals surface area contributed by atoms with E-state index in [-0.39, 0.29) is 24.8 Å². The highest BCUT2D eigenvalue weighted by molar-refractivity contribution is 9.10. The van der Waals surface area contributed by atoms with Gasteiger partial charge in [0.2, 0.25) is 5.91 Å². The van der Waals surface area contributed by atoms with Crippen molar-refractivity contribution in [3.05, 3.63) is 34.3 Å². The second-order valence-corrected chi connectivity index (χ2v) is 5.23. The van der Waals surface area contributed by atoms with E-state index in [0.29, 0.717) is 0 Å². The van der Waals surface area contributed by atoms with Gasteiger partial charge in [-0.25, -0.2) is 4.79 Å². The molecular weight excluding hydrogens is 314 g/mol. The highest BCUT2D eigenvalue weighted by Gasteiger charge is 2.16. The number of carbonyl (C=O) groups excluding carboxylic acids is 1. The van der Waals surface area contributed by atoms with Crippen LogP contribution in [0.25, 0.3) is 0 Å². The van der Waals surface area contributed by atoms with E-state index >= 15 is 0 Å². The van der Waals surface area contributed by atoms with Crippen LogP contribution < -0.4 is 5.32 Å². The normalized spacial score (nSPS) is 13.6. The van der Waals surface area contributed by atoms with Gasteiger partial charge in [-0.2, -0.15) is 0 Å². The van der Waals surface area contributed by atoms with Crippen LogP contribution in [0.4, 0.5) is 0 Å². The number of aliphatic hydroxyl groups is 1. The molecule has 0 saturated heterocycles. The minimum atomic E-state index is -1.56. The highest BCUT2D eigenvalue weighted by atomic mass is 79.9. The molecule has 0 spiro atoms. The first kappa shape index (κ1) is 15.7. The number of hydrogen-bond donors (Lipinski definition) is 3. The molecule has 3 N–H and O–H groups in total. The topological polar surface area (TPSA) is 86.6 Å². The Bertz CT molecular complexity index is 446. The fraction of sp³-hybridized carbons (Fsp3) is 0.385. The van der Waals surface area contributed by atoms with Gasteiger partial charge in [0.15, 0.2) is 6.10 Å². The number of aliphatic carboxylic acids is 1. The number of carboxylic acid groups (broad SMARTS) is 1. The maximum atomic E-state index is 11.6. The van der Waals surface area contributed by atoms with Crippen LogP contribution in [0.5, 0.6) is 0 Å². The number of carbonyl (C=O) groups is 2. The van der Waals surface area contributed by atoms with Crippen LogP contribution in [0, 0.1) is 0 Å². The van der Waals surface area contributed by atoms with E-state index in [4.69, 9.17) is 10.2 Å². The zero-order chi connectivity index (χ0) is 14.4. The van der Waals surface area contributed by atoms with E-state index in [1.54, 1.807) is 0 Å². The zero-order valence-electron chi connectivity index (χ0n) is 10.5. The van der Waals surface area contributed by atoms with Crippen molar-refractivity contribution >= 4 is 27.8 Å². The van der Waals surface area contributed by atoms with Crippen molar-refractivity contribution in [2.24, 2.45) is 0 Å². The van der Waals surface area contributed by atoms with Crippen molar-refractivity contribution in [2.75, 3.05) is 6.54 Å². The van der Waals surface area contributed by atoms with E-state index in [9.17, 15) is 9.59 Å². The van der Waals surface area contributed by atoms with E-state index in [1.165, 1.54) is 0 Å². The number of amides is 1. The largest absolute Gasteiger partial charge is 0.479 e. The molecule has 0 saturated carbocycles. The zero-order valence-corrected chi connectivity index (χ0v) is 12.1. The first-order valence-electron chi connectivity index (χ1n) is 5.83. The molecule has 2 unspecified atom stereocenters. The summed E-state index contributed by atoms with van der Waals surface area (Å²) in [4.78, 5) is 22.0. The van der Waals surface area contributed by atoms with Crippen LogP contribution in [0.1, 0.15) is 24.8 Å². The van der Waals surface area contributed by atoms with Crippen molar-refractivity contribution in [3.63, 3.8) is 0 Å². The lowest BCUT2D eigenvalue weighted by molar-refractivity contribution is -0.146. The number of nitrogens with one attached hydrogen (secondary N) is 1. The molecule has 0 radical (unpaired) electrons. The summed E-state index contributed by atoms with van der Waals surface area (Å²) >= 11 is 3.34. The van der Waals surface area contributed by atoms with Crippen LogP contribution in [0.15, 0.2) is 28.7 Å². The molecular formula is C13H16BrNO4. The number of hydrogen-bond acceptors (Lipinski definition) is 3. The Morgan fingerprint density at radius 2 is 1.89 bits per heavy atom. The molecule has 1 amide bonds. The van der Waals surface area contributed by atoms with Crippen LogP contribution in [0.3, 0.4) is 0 Å². The first-order valence-corrected chi connectivity index (χ1v) is 6.62. The molecule has 5 nitrogen and oxygen atoms in total. The summed E-state index contributed by atoms with van der Waals surface area (Å²) in [6.07, 6.45) is -1.32. The van der Waals surface area contributed by atoms with Crippen molar-refractivity contribution in [2.45, 2.75) is 25.4 Å². The average Bonchev–Trinajstić information content (AvgIpc) is 2.36. The van der Waals surface area contributed by atoms with Crippen molar-refractivity contribution in [1.29, 1.82) is 0 Å². The van der Waals surface area contributed by atoms with Crippen LogP contribution in [-0.4, -0.2) is 34.7 Å². The molecule has 0 heterocycles. The fourth-order valence-electron chi connectivity index (χ4n) is 1.56. The Morgan fingerprint density at radius 1 is 1.32 bits per heavy atom. The Labute approximate surface area is 119 Å². The van der Waals surface area contributed by atoms with Gasteiger partial charge in [0, 0.05) is 10.9 Å². The van der Waals surface area contributed by atoms with Crippen LogP contribution in [0.2, 0.25) is 0 Å². The summed E-state index contributed by atoms with van der Waals surface area (Å²) in [5.41, 5.74) is 1.03. The predicted octanol–water partition coefficient (Wildman–Crippen LogP) is 1.50. The number of rotatable bonds is 6.